The fourth-order valence-corrected chi connectivity index (χ4v) is 6.47. The van der Waals surface area contributed by atoms with Crippen LogP contribution in [0.15, 0.2) is 46.7 Å². The average molecular weight is 366 g/mol. The molecule has 0 fully saturated rings. The van der Waals surface area contributed by atoms with Crippen LogP contribution in [-0.2, 0) is 19.7 Å². The smallest absolute Gasteiger partial charge is 0.193 e. The van der Waals surface area contributed by atoms with Crippen molar-refractivity contribution in [2.24, 2.45) is 5.41 Å². The van der Waals surface area contributed by atoms with Crippen LogP contribution in [0.5, 0.6) is 0 Å². The van der Waals surface area contributed by atoms with E-state index in [-0.39, 0.29) is 15.7 Å². The fraction of sp³-hybridized carbons (Fsp3) is 0.375. The van der Waals surface area contributed by atoms with Crippen molar-refractivity contribution in [1.82, 2.24) is 9.97 Å². The number of aromatic nitrogens is 2. The first-order chi connectivity index (χ1) is 11.0. The first-order valence-electron chi connectivity index (χ1n) is 7.36. The molecule has 1 atom stereocenters. The quantitative estimate of drug-likeness (QED) is 0.753. The van der Waals surface area contributed by atoms with Gasteiger partial charge in [-0.3, -0.25) is 0 Å². The van der Waals surface area contributed by atoms with E-state index in [4.69, 9.17) is 0 Å². The van der Waals surface area contributed by atoms with Crippen molar-refractivity contribution in [2.75, 3.05) is 12.0 Å². The third-order valence-electron chi connectivity index (χ3n) is 4.27. The Morgan fingerprint density at radius 1 is 1.17 bits per heavy atom. The molecule has 1 aromatic carbocycles. The molecule has 0 spiro atoms. The second-order valence-corrected chi connectivity index (χ2v) is 10.7. The van der Waals surface area contributed by atoms with Gasteiger partial charge in [-0.25, -0.2) is 26.8 Å². The molecule has 1 aliphatic heterocycles. The summed E-state index contributed by atoms with van der Waals surface area (Å²) in [5, 5.41) is -0.0512. The summed E-state index contributed by atoms with van der Waals surface area (Å²) in [5.41, 5.74) is 0.331. The van der Waals surface area contributed by atoms with E-state index in [9.17, 15) is 16.8 Å². The number of sulfone groups is 2. The van der Waals surface area contributed by atoms with Crippen LogP contribution in [0.2, 0.25) is 0 Å². The fourth-order valence-electron chi connectivity index (χ4n) is 3.50. The Labute approximate surface area is 141 Å². The second kappa shape index (κ2) is 5.35. The summed E-state index contributed by atoms with van der Waals surface area (Å²) in [4.78, 5) is 8.18. The molecule has 2 aromatic rings. The lowest BCUT2D eigenvalue weighted by atomic mass is 9.73. The van der Waals surface area contributed by atoms with Gasteiger partial charge in [0.15, 0.2) is 24.7 Å². The predicted molar refractivity (Wildman–Crippen MR) is 89.3 cm³/mol. The molecule has 0 saturated heterocycles. The first-order valence-corrected chi connectivity index (χ1v) is 10.9. The molecular weight excluding hydrogens is 348 g/mol. The van der Waals surface area contributed by atoms with Crippen LogP contribution in [0.1, 0.15) is 30.9 Å². The molecule has 0 bridgehead atoms. The van der Waals surface area contributed by atoms with E-state index in [0.717, 1.165) is 6.26 Å². The number of hydrogen-bond acceptors (Lipinski definition) is 6. The normalized spacial score (nSPS) is 21.9. The summed E-state index contributed by atoms with van der Waals surface area (Å²) in [6.07, 6.45) is 3.76. The topological polar surface area (TPSA) is 94.1 Å². The van der Waals surface area contributed by atoms with E-state index < -0.39 is 31.0 Å². The minimum absolute atomic E-state index is 0.0512. The molecule has 8 heteroatoms. The van der Waals surface area contributed by atoms with Gasteiger partial charge in [0.2, 0.25) is 0 Å². The predicted octanol–water partition coefficient (Wildman–Crippen LogP) is 1.83. The van der Waals surface area contributed by atoms with Gasteiger partial charge in [-0.2, -0.15) is 0 Å². The Morgan fingerprint density at radius 3 is 2.50 bits per heavy atom. The van der Waals surface area contributed by atoms with Crippen LogP contribution in [0.4, 0.5) is 0 Å². The highest BCUT2D eigenvalue weighted by Crippen LogP contribution is 2.49. The zero-order chi connectivity index (χ0) is 17.8. The highest BCUT2D eigenvalue weighted by molar-refractivity contribution is 7.91. The summed E-state index contributed by atoms with van der Waals surface area (Å²) >= 11 is 0. The van der Waals surface area contributed by atoms with Gasteiger partial charge in [-0.1, -0.05) is 32.0 Å². The lowest BCUT2D eigenvalue weighted by molar-refractivity contribution is 0.341. The molecule has 0 saturated carbocycles. The van der Waals surface area contributed by atoms with Crippen molar-refractivity contribution in [1.29, 1.82) is 0 Å². The largest absolute Gasteiger partial charge is 0.244 e. The first kappa shape index (κ1) is 17.0. The Morgan fingerprint density at radius 2 is 1.83 bits per heavy atom. The SMILES string of the molecule is CC1(C)CS(=O)(=O)c2ccccc2C1c1cncnc1S(C)(=O)=O. The van der Waals surface area contributed by atoms with Crippen LogP contribution in [-0.4, -0.2) is 38.8 Å². The maximum absolute atomic E-state index is 12.6. The van der Waals surface area contributed by atoms with Crippen molar-refractivity contribution < 1.29 is 16.8 Å². The Bertz CT molecular complexity index is 1010. The lowest BCUT2D eigenvalue weighted by Crippen LogP contribution is -2.37. The van der Waals surface area contributed by atoms with Gasteiger partial charge in [-0.05, 0) is 17.0 Å². The number of rotatable bonds is 2. The van der Waals surface area contributed by atoms with E-state index in [1.165, 1.54) is 12.5 Å². The molecule has 1 unspecified atom stereocenters. The average Bonchev–Trinajstić information content (AvgIpc) is 2.45. The van der Waals surface area contributed by atoms with Crippen molar-refractivity contribution in [2.45, 2.75) is 29.7 Å². The molecule has 128 valence electrons. The molecule has 24 heavy (non-hydrogen) atoms. The number of nitrogens with zero attached hydrogens (tertiary/aromatic N) is 2. The zero-order valence-electron chi connectivity index (χ0n) is 13.6. The number of benzene rings is 1. The molecule has 1 aliphatic rings. The van der Waals surface area contributed by atoms with Crippen molar-refractivity contribution in [3.8, 4) is 0 Å². The Balaban J connectivity index is 2.37. The van der Waals surface area contributed by atoms with Gasteiger partial charge in [0.05, 0.1) is 10.6 Å². The maximum atomic E-state index is 12.6. The summed E-state index contributed by atoms with van der Waals surface area (Å²) < 4.78 is 49.5. The molecule has 0 radical (unpaired) electrons. The molecular formula is C16H18N2O4S2. The third kappa shape index (κ3) is 2.73. The van der Waals surface area contributed by atoms with E-state index in [1.807, 2.05) is 13.8 Å². The Kier molecular flexibility index (Phi) is 3.80. The summed E-state index contributed by atoms with van der Waals surface area (Å²) in [6.45, 7) is 3.65. The summed E-state index contributed by atoms with van der Waals surface area (Å²) in [5.74, 6) is -0.497. The van der Waals surface area contributed by atoms with Gasteiger partial charge < -0.3 is 0 Å². The second-order valence-electron chi connectivity index (χ2n) is 6.77. The van der Waals surface area contributed by atoms with Crippen molar-refractivity contribution in [3.63, 3.8) is 0 Å². The highest BCUT2D eigenvalue weighted by Gasteiger charge is 2.45. The molecule has 0 N–H and O–H groups in total. The number of hydrogen-bond donors (Lipinski definition) is 0. The molecule has 0 aliphatic carbocycles. The van der Waals surface area contributed by atoms with Crippen molar-refractivity contribution in [3.05, 3.63) is 47.9 Å². The third-order valence-corrected chi connectivity index (χ3v) is 7.48. The van der Waals surface area contributed by atoms with Crippen LogP contribution >= 0.6 is 0 Å². The minimum Gasteiger partial charge on any atom is -0.244 e. The van der Waals surface area contributed by atoms with E-state index in [1.54, 1.807) is 24.3 Å². The molecule has 2 heterocycles. The van der Waals surface area contributed by atoms with Crippen LogP contribution in [0, 0.1) is 5.41 Å². The monoisotopic (exact) mass is 366 g/mol. The summed E-state index contributed by atoms with van der Waals surface area (Å²) in [7, 11) is -6.99. The van der Waals surface area contributed by atoms with E-state index in [2.05, 4.69) is 9.97 Å². The molecule has 6 nitrogen and oxygen atoms in total. The van der Waals surface area contributed by atoms with Crippen molar-refractivity contribution >= 4 is 19.7 Å². The van der Waals surface area contributed by atoms with Gasteiger partial charge in [0, 0.05) is 23.9 Å². The number of fused-ring (bicyclic) bond motifs is 1. The van der Waals surface area contributed by atoms with Crippen LogP contribution in [0.25, 0.3) is 0 Å². The van der Waals surface area contributed by atoms with Gasteiger partial charge in [-0.15, -0.1) is 0 Å². The van der Waals surface area contributed by atoms with Gasteiger partial charge in [0.25, 0.3) is 0 Å². The van der Waals surface area contributed by atoms with Gasteiger partial charge >= 0.3 is 0 Å². The van der Waals surface area contributed by atoms with E-state index in [0.29, 0.717) is 11.1 Å². The standard InChI is InChI=1S/C16H18N2O4S2/c1-16(2)9-24(21,22)13-7-5-4-6-11(13)14(16)12-8-17-10-18-15(12)23(3,19)20/h4-8,10,14H,9H2,1-3H3. The maximum Gasteiger partial charge on any atom is 0.193 e. The zero-order valence-corrected chi connectivity index (χ0v) is 15.2. The minimum atomic E-state index is -3.56. The molecule has 0 amide bonds. The van der Waals surface area contributed by atoms with Crippen LogP contribution in [0.3, 0.4) is 0 Å². The molecule has 3 rings (SSSR count). The highest BCUT2D eigenvalue weighted by atomic mass is 32.2. The lowest BCUT2D eigenvalue weighted by Gasteiger charge is -2.40. The summed E-state index contributed by atoms with van der Waals surface area (Å²) in [6, 6.07) is 6.73. The van der Waals surface area contributed by atoms with Crippen LogP contribution < -0.4 is 0 Å². The molecule has 1 aromatic heterocycles. The van der Waals surface area contributed by atoms with Gasteiger partial charge in [0.1, 0.15) is 6.33 Å². The van der Waals surface area contributed by atoms with E-state index >= 15 is 0 Å². The Hall–Kier alpha value is -1.80.